The number of hydrogen-bond donors (Lipinski definition) is 1. The summed E-state index contributed by atoms with van der Waals surface area (Å²) in [5, 5.41) is 8.86. The Kier molecular flexibility index (Phi) is 4.35. The van der Waals surface area contributed by atoms with Gasteiger partial charge in [0, 0.05) is 31.6 Å². The lowest BCUT2D eigenvalue weighted by Gasteiger charge is -2.41. The van der Waals surface area contributed by atoms with Crippen LogP contribution in [0.1, 0.15) is 16.2 Å². The molecule has 1 aliphatic heterocycles. The Bertz CT molecular complexity index is 1030. The highest BCUT2D eigenvalue weighted by molar-refractivity contribution is 6.33. The van der Waals surface area contributed by atoms with Gasteiger partial charge in [-0.25, -0.2) is 9.97 Å². The molecular weight excluding hydrogens is 368 g/mol. The second kappa shape index (κ2) is 6.70. The molecule has 0 aliphatic carbocycles. The molecule has 0 bridgehead atoms. The number of carbonyl (C=O) groups is 1. The third-order valence-electron chi connectivity index (χ3n) is 4.73. The van der Waals surface area contributed by atoms with Gasteiger partial charge in [-0.2, -0.15) is 5.10 Å². The van der Waals surface area contributed by atoms with E-state index in [9.17, 15) is 4.79 Å². The van der Waals surface area contributed by atoms with Gasteiger partial charge in [0.05, 0.1) is 47.5 Å². The number of nitrogens with zero attached hydrogens (tertiary/aromatic N) is 5. The van der Waals surface area contributed by atoms with Gasteiger partial charge in [-0.15, -0.1) is 0 Å². The number of pyridine rings is 2. The van der Waals surface area contributed by atoms with Crippen LogP contribution in [0, 0.1) is 6.92 Å². The van der Waals surface area contributed by atoms with Gasteiger partial charge in [0.2, 0.25) is 5.88 Å². The number of aryl methyl sites for hydroxylation is 2. The highest BCUT2D eigenvalue weighted by Crippen LogP contribution is 2.31. The molecule has 4 heterocycles. The first-order valence-electron chi connectivity index (χ1n) is 8.51. The third-order valence-corrected chi connectivity index (χ3v) is 5.02. The number of anilines is 1. The number of amides is 1. The molecular formula is C18H19ClN6O2. The predicted octanol–water partition coefficient (Wildman–Crippen LogP) is 1.95. The number of rotatable bonds is 4. The molecule has 0 atom stereocenters. The van der Waals surface area contributed by atoms with Crippen molar-refractivity contribution in [2.45, 2.75) is 13.0 Å². The number of ether oxygens (including phenoxy) is 1. The Labute approximate surface area is 161 Å². The Hall–Kier alpha value is -2.87. The lowest BCUT2D eigenvalue weighted by Crippen LogP contribution is -2.59. The molecule has 0 radical (unpaired) electrons. The molecule has 3 aromatic heterocycles. The van der Waals surface area contributed by atoms with E-state index in [1.807, 2.05) is 14.0 Å². The van der Waals surface area contributed by atoms with Crippen LogP contribution >= 0.6 is 11.6 Å². The van der Waals surface area contributed by atoms with Crippen LogP contribution in [0.2, 0.25) is 5.02 Å². The summed E-state index contributed by atoms with van der Waals surface area (Å²) in [6.07, 6.45) is 3.25. The van der Waals surface area contributed by atoms with Crippen LogP contribution in [-0.2, 0) is 7.05 Å². The summed E-state index contributed by atoms with van der Waals surface area (Å²) in [5.74, 6) is 0.314. The molecule has 0 unspecified atom stereocenters. The molecule has 1 aliphatic rings. The lowest BCUT2D eigenvalue weighted by molar-refractivity contribution is 0.0925. The molecule has 1 N–H and O–H groups in total. The van der Waals surface area contributed by atoms with Gasteiger partial charge in [0.25, 0.3) is 5.91 Å². The van der Waals surface area contributed by atoms with Crippen LogP contribution in [0.3, 0.4) is 0 Å². The standard InChI is InChI=1S/C18H19ClN6O2/c1-10-12-4-14(20-7-16(12)24(2)23-10)18(26)22-11-8-25(9-11)15-5-17(27-3)21-6-13(15)19/h4-7,11H,8-9H2,1-3H3,(H,22,26). The van der Waals surface area contributed by atoms with E-state index in [1.54, 1.807) is 36.3 Å². The zero-order valence-corrected chi connectivity index (χ0v) is 16.0. The van der Waals surface area contributed by atoms with Gasteiger partial charge in [-0.05, 0) is 13.0 Å². The van der Waals surface area contributed by atoms with E-state index in [0.29, 0.717) is 29.7 Å². The fourth-order valence-electron chi connectivity index (χ4n) is 3.24. The maximum Gasteiger partial charge on any atom is 0.270 e. The van der Waals surface area contributed by atoms with E-state index in [2.05, 4.69) is 25.3 Å². The first-order chi connectivity index (χ1) is 13.0. The van der Waals surface area contributed by atoms with Crippen LogP contribution in [0.15, 0.2) is 24.5 Å². The Morgan fingerprint density at radius 3 is 2.81 bits per heavy atom. The van der Waals surface area contributed by atoms with E-state index in [0.717, 1.165) is 22.3 Å². The van der Waals surface area contributed by atoms with Crippen molar-refractivity contribution in [1.29, 1.82) is 0 Å². The molecule has 1 amide bonds. The van der Waals surface area contributed by atoms with Crippen LogP contribution in [0.5, 0.6) is 5.88 Å². The molecule has 27 heavy (non-hydrogen) atoms. The lowest BCUT2D eigenvalue weighted by atomic mass is 10.1. The van der Waals surface area contributed by atoms with Gasteiger partial charge in [-0.1, -0.05) is 11.6 Å². The van der Waals surface area contributed by atoms with Crippen LogP contribution in [0.25, 0.3) is 10.9 Å². The fourth-order valence-corrected chi connectivity index (χ4v) is 3.47. The number of fused-ring (bicyclic) bond motifs is 1. The van der Waals surface area contributed by atoms with Crippen molar-refractivity contribution in [2.24, 2.45) is 7.05 Å². The van der Waals surface area contributed by atoms with Gasteiger partial charge < -0.3 is 15.0 Å². The molecule has 0 spiro atoms. The average molecular weight is 387 g/mol. The Morgan fingerprint density at radius 2 is 2.07 bits per heavy atom. The zero-order chi connectivity index (χ0) is 19.1. The molecule has 3 aromatic rings. The zero-order valence-electron chi connectivity index (χ0n) is 15.2. The van der Waals surface area contributed by atoms with Crippen molar-refractivity contribution in [1.82, 2.24) is 25.1 Å². The number of halogens is 1. The first kappa shape index (κ1) is 17.5. The summed E-state index contributed by atoms with van der Waals surface area (Å²) in [5.41, 5.74) is 3.01. The van der Waals surface area contributed by atoms with Crippen molar-refractivity contribution >= 4 is 34.1 Å². The molecule has 9 heteroatoms. The Morgan fingerprint density at radius 1 is 1.30 bits per heavy atom. The SMILES string of the molecule is COc1cc(N2CC(NC(=O)c3cc4c(C)nn(C)c4cn3)C2)c(Cl)cn1. The van der Waals surface area contributed by atoms with Crippen molar-refractivity contribution in [2.75, 3.05) is 25.1 Å². The van der Waals surface area contributed by atoms with E-state index in [4.69, 9.17) is 16.3 Å². The summed E-state index contributed by atoms with van der Waals surface area (Å²) in [4.78, 5) is 23.0. The van der Waals surface area contributed by atoms with E-state index >= 15 is 0 Å². The minimum atomic E-state index is -0.191. The molecule has 0 aromatic carbocycles. The summed E-state index contributed by atoms with van der Waals surface area (Å²) in [6.45, 7) is 3.24. The highest BCUT2D eigenvalue weighted by Gasteiger charge is 2.30. The minimum absolute atomic E-state index is 0.0280. The van der Waals surface area contributed by atoms with Gasteiger partial charge in [0.1, 0.15) is 5.69 Å². The van der Waals surface area contributed by atoms with E-state index in [-0.39, 0.29) is 11.9 Å². The predicted molar refractivity (Wildman–Crippen MR) is 103 cm³/mol. The summed E-state index contributed by atoms with van der Waals surface area (Å²) < 4.78 is 6.90. The number of hydrogen-bond acceptors (Lipinski definition) is 6. The third kappa shape index (κ3) is 3.16. The number of methoxy groups -OCH3 is 1. The summed E-state index contributed by atoms with van der Waals surface area (Å²) in [6, 6.07) is 3.61. The number of nitrogens with one attached hydrogen (secondary N) is 1. The molecule has 1 fully saturated rings. The summed E-state index contributed by atoms with van der Waals surface area (Å²) in [7, 11) is 3.42. The van der Waals surface area contributed by atoms with Gasteiger partial charge in [0.15, 0.2) is 0 Å². The topological polar surface area (TPSA) is 85.2 Å². The van der Waals surface area contributed by atoms with Gasteiger partial charge >= 0.3 is 0 Å². The number of aromatic nitrogens is 4. The molecule has 0 saturated carbocycles. The van der Waals surface area contributed by atoms with Crippen LogP contribution in [-0.4, -0.2) is 51.9 Å². The first-order valence-corrected chi connectivity index (χ1v) is 8.88. The maximum atomic E-state index is 12.5. The van der Waals surface area contributed by atoms with Crippen molar-refractivity contribution in [3.05, 3.63) is 40.9 Å². The molecule has 140 valence electrons. The normalized spacial score (nSPS) is 14.3. The second-order valence-electron chi connectivity index (χ2n) is 6.55. The molecule has 4 rings (SSSR count). The number of carbonyl (C=O) groups excluding carboxylic acids is 1. The van der Waals surface area contributed by atoms with E-state index in [1.165, 1.54) is 0 Å². The maximum absolute atomic E-state index is 12.5. The van der Waals surface area contributed by atoms with Crippen molar-refractivity contribution in [3.63, 3.8) is 0 Å². The Balaban J connectivity index is 1.43. The second-order valence-corrected chi connectivity index (χ2v) is 6.96. The monoisotopic (exact) mass is 386 g/mol. The van der Waals surface area contributed by atoms with Crippen molar-refractivity contribution < 1.29 is 9.53 Å². The van der Waals surface area contributed by atoms with E-state index < -0.39 is 0 Å². The highest BCUT2D eigenvalue weighted by atomic mass is 35.5. The van der Waals surface area contributed by atoms with Crippen molar-refractivity contribution in [3.8, 4) is 5.88 Å². The largest absolute Gasteiger partial charge is 0.481 e. The smallest absolute Gasteiger partial charge is 0.270 e. The molecule has 1 saturated heterocycles. The fraction of sp³-hybridized carbons (Fsp3) is 0.333. The van der Waals surface area contributed by atoms with Gasteiger partial charge in [-0.3, -0.25) is 9.48 Å². The quantitative estimate of drug-likeness (QED) is 0.737. The average Bonchev–Trinajstić information content (AvgIpc) is 2.92. The minimum Gasteiger partial charge on any atom is -0.481 e. The van der Waals surface area contributed by atoms with Crippen LogP contribution < -0.4 is 15.0 Å². The molecule has 8 nitrogen and oxygen atoms in total. The summed E-state index contributed by atoms with van der Waals surface area (Å²) >= 11 is 6.22. The van der Waals surface area contributed by atoms with Crippen LogP contribution in [0.4, 0.5) is 5.69 Å².